The topological polar surface area (TPSA) is 86.0 Å². The van der Waals surface area contributed by atoms with Crippen LogP contribution in [0.25, 0.3) is 0 Å². The van der Waals surface area contributed by atoms with Crippen molar-refractivity contribution in [3.05, 3.63) is 76.1 Å². The van der Waals surface area contributed by atoms with Crippen LogP contribution in [0.2, 0.25) is 5.02 Å². The third-order valence-corrected chi connectivity index (χ3v) is 7.79. The minimum absolute atomic E-state index is 0.0698. The molecule has 1 unspecified atom stereocenters. The van der Waals surface area contributed by atoms with Crippen LogP contribution >= 0.6 is 11.6 Å². The van der Waals surface area contributed by atoms with Gasteiger partial charge in [-0.2, -0.15) is 0 Å². The molecule has 10 heteroatoms. The van der Waals surface area contributed by atoms with Crippen molar-refractivity contribution in [3.63, 3.8) is 0 Å². The molecule has 0 saturated carbocycles. The Morgan fingerprint density at radius 2 is 2.05 bits per heavy atom. The molecular formula is C29H33ClFN3O5. The molecule has 0 amide bonds. The molecule has 0 spiro atoms. The summed E-state index contributed by atoms with van der Waals surface area (Å²) in [5.74, 6) is -0.0839. The minimum Gasteiger partial charge on any atom is -0.481 e. The maximum Gasteiger partial charge on any atom is 0.303 e. The maximum atomic E-state index is 14.7. The van der Waals surface area contributed by atoms with Gasteiger partial charge in [0.15, 0.2) is 11.5 Å². The predicted molar refractivity (Wildman–Crippen MR) is 144 cm³/mol. The van der Waals surface area contributed by atoms with E-state index in [9.17, 15) is 9.18 Å². The molecule has 2 aromatic carbocycles. The van der Waals surface area contributed by atoms with E-state index in [2.05, 4.69) is 20.5 Å². The number of benzene rings is 2. The second-order valence-corrected chi connectivity index (χ2v) is 10.6. The largest absolute Gasteiger partial charge is 0.481 e. The number of methoxy groups -OCH3 is 1. The number of rotatable bonds is 10. The first kappa shape index (κ1) is 27.4. The summed E-state index contributed by atoms with van der Waals surface area (Å²) in [5.41, 5.74) is 2.29. The highest BCUT2D eigenvalue weighted by Gasteiger charge is 2.43. The number of carboxylic acids is 1. The van der Waals surface area contributed by atoms with E-state index < -0.39 is 17.6 Å². The van der Waals surface area contributed by atoms with Gasteiger partial charge in [-0.15, -0.1) is 0 Å². The number of aliphatic carboxylic acids is 1. The van der Waals surface area contributed by atoms with Gasteiger partial charge >= 0.3 is 5.97 Å². The van der Waals surface area contributed by atoms with E-state index in [1.807, 2.05) is 12.1 Å². The highest BCUT2D eigenvalue weighted by molar-refractivity contribution is 6.30. The number of hydrogen-bond donors (Lipinski definition) is 1. The molecular weight excluding hydrogens is 525 g/mol. The molecule has 2 aliphatic heterocycles. The Labute approximate surface area is 232 Å². The van der Waals surface area contributed by atoms with Crippen LogP contribution in [-0.4, -0.2) is 52.3 Å². The Bertz CT molecular complexity index is 1340. The average molecular weight is 558 g/mol. The van der Waals surface area contributed by atoms with Gasteiger partial charge in [0.2, 0.25) is 0 Å². The van der Waals surface area contributed by atoms with E-state index >= 15 is 0 Å². The molecule has 0 radical (unpaired) electrons. The highest BCUT2D eigenvalue weighted by Crippen LogP contribution is 2.49. The fourth-order valence-electron chi connectivity index (χ4n) is 5.51. The lowest BCUT2D eigenvalue weighted by Gasteiger charge is -2.32. The summed E-state index contributed by atoms with van der Waals surface area (Å²) < 4.78 is 34.5. The van der Waals surface area contributed by atoms with Crippen molar-refractivity contribution in [3.8, 4) is 11.5 Å². The van der Waals surface area contributed by atoms with Crippen molar-refractivity contribution < 1.29 is 28.5 Å². The molecule has 0 aliphatic carbocycles. The smallest absolute Gasteiger partial charge is 0.303 e. The molecule has 208 valence electrons. The standard InChI is InChI=1S/C29H33ClFN3O5/c1-29(23-8-6-20(30)16-24(23)31)38-25-5-3-4-22(28(25)39-29)19-10-12-33(13-11-19)18-26-32-17-21(7-9-27(35)36)34(26)14-15-37-2/h3-6,8,16-17,19H,7,9-15,18H2,1-2H3,(H,35,36). The zero-order valence-electron chi connectivity index (χ0n) is 22.2. The molecule has 0 bridgehead atoms. The maximum absolute atomic E-state index is 14.7. The number of aromatic nitrogens is 2. The molecule has 1 fully saturated rings. The summed E-state index contributed by atoms with van der Waals surface area (Å²) in [6, 6.07) is 10.4. The number of para-hydroxylation sites is 1. The number of halogens is 2. The molecule has 1 aromatic heterocycles. The van der Waals surface area contributed by atoms with Gasteiger partial charge in [0.05, 0.1) is 25.1 Å². The fourth-order valence-corrected chi connectivity index (χ4v) is 5.67. The molecule has 1 N–H and O–H groups in total. The van der Waals surface area contributed by atoms with Crippen LogP contribution in [0.3, 0.4) is 0 Å². The first-order valence-corrected chi connectivity index (χ1v) is 13.6. The Morgan fingerprint density at radius 3 is 2.77 bits per heavy atom. The quantitative estimate of drug-likeness (QED) is 0.359. The first-order valence-electron chi connectivity index (χ1n) is 13.2. The van der Waals surface area contributed by atoms with Crippen LogP contribution in [0, 0.1) is 5.82 Å². The number of nitrogens with zero attached hydrogens (tertiary/aromatic N) is 3. The van der Waals surface area contributed by atoms with Crippen LogP contribution in [0.1, 0.15) is 54.7 Å². The van der Waals surface area contributed by atoms with E-state index in [0.29, 0.717) is 48.2 Å². The predicted octanol–water partition coefficient (Wildman–Crippen LogP) is 5.36. The summed E-state index contributed by atoms with van der Waals surface area (Å²) in [7, 11) is 1.65. The Kier molecular flexibility index (Phi) is 8.11. The number of likely N-dealkylation sites (tertiary alicyclic amines) is 1. The second kappa shape index (κ2) is 11.5. The summed E-state index contributed by atoms with van der Waals surface area (Å²) >= 11 is 5.95. The lowest BCUT2D eigenvalue weighted by Crippen LogP contribution is -2.34. The molecule has 8 nitrogen and oxygen atoms in total. The molecule has 39 heavy (non-hydrogen) atoms. The molecule has 1 atom stereocenters. The first-order chi connectivity index (χ1) is 18.8. The van der Waals surface area contributed by atoms with Gasteiger partial charge < -0.3 is 23.9 Å². The monoisotopic (exact) mass is 557 g/mol. The average Bonchev–Trinajstić information content (AvgIpc) is 3.46. The van der Waals surface area contributed by atoms with Gasteiger partial charge in [-0.25, -0.2) is 9.37 Å². The number of carboxylic acid groups (broad SMARTS) is 1. The Morgan fingerprint density at radius 1 is 1.26 bits per heavy atom. The number of carbonyl (C=O) groups is 1. The number of fused-ring (bicyclic) bond motifs is 1. The fraction of sp³-hybridized carbons (Fsp3) is 0.448. The van der Waals surface area contributed by atoms with E-state index in [4.69, 9.17) is 30.9 Å². The number of aryl methyl sites for hydroxylation is 1. The van der Waals surface area contributed by atoms with Gasteiger partial charge in [-0.3, -0.25) is 9.69 Å². The number of imidazole rings is 1. The van der Waals surface area contributed by atoms with Crippen molar-refractivity contribution in [1.82, 2.24) is 14.5 Å². The van der Waals surface area contributed by atoms with Crippen molar-refractivity contribution >= 4 is 17.6 Å². The summed E-state index contributed by atoms with van der Waals surface area (Å²) in [6.45, 7) is 5.33. The van der Waals surface area contributed by atoms with Gasteiger partial charge in [0, 0.05) is 43.1 Å². The third-order valence-electron chi connectivity index (χ3n) is 7.56. The zero-order valence-corrected chi connectivity index (χ0v) is 22.9. The van der Waals surface area contributed by atoms with Gasteiger partial charge in [0.25, 0.3) is 5.79 Å². The molecule has 5 rings (SSSR count). The van der Waals surface area contributed by atoms with E-state index in [1.165, 1.54) is 6.07 Å². The van der Waals surface area contributed by atoms with Gasteiger partial charge in [0.1, 0.15) is 11.6 Å². The van der Waals surface area contributed by atoms with Crippen molar-refractivity contribution in [2.75, 3.05) is 26.8 Å². The van der Waals surface area contributed by atoms with Crippen LogP contribution in [0.4, 0.5) is 4.39 Å². The van der Waals surface area contributed by atoms with Crippen LogP contribution in [0.15, 0.2) is 42.6 Å². The lowest BCUT2D eigenvalue weighted by molar-refractivity contribution is -0.137. The van der Waals surface area contributed by atoms with E-state index in [-0.39, 0.29) is 12.3 Å². The summed E-state index contributed by atoms with van der Waals surface area (Å²) in [5, 5.41) is 9.41. The van der Waals surface area contributed by atoms with E-state index in [0.717, 1.165) is 43.0 Å². The van der Waals surface area contributed by atoms with Crippen molar-refractivity contribution in [2.24, 2.45) is 0 Å². The van der Waals surface area contributed by atoms with E-state index in [1.54, 1.807) is 32.4 Å². The minimum atomic E-state index is -1.27. The molecule has 1 saturated heterocycles. The highest BCUT2D eigenvalue weighted by atomic mass is 35.5. The lowest BCUT2D eigenvalue weighted by atomic mass is 9.88. The molecule has 2 aliphatic rings. The normalized spacial score (nSPS) is 19.5. The van der Waals surface area contributed by atoms with Crippen molar-refractivity contribution in [2.45, 2.75) is 57.4 Å². The van der Waals surface area contributed by atoms with Gasteiger partial charge in [-0.05, 0) is 62.5 Å². The third kappa shape index (κ3) is 5.90. The van der Waals surface area contributed by atoms with Crippen LogP contribution in [0.5, 0.6) is 11.5 Å². The SMILES string of the molecule is COCCn1c(CCC(=O)O)cnc1CN1CCC(c2cccc3c2OC(C)(c2ccc(Cl)cc2F)O3)CC1. The van der Waals surface area contributed by atoms with Crippen LogP contribution in [-0.2, 0) is 34.8 Å². The second-order valence-electron chi connectivity index (χ2n) is 10.2. The van der Waals surface area contributed by atoms with Gasteiger partial charge in [-0.1, -0.05) is 23.7 Å². The van der Waals surface area contributed by atoms with Crippen LogP contribution < -0.4 is 9.47 Å². The van der Waals surface area contributed by atoms with Crippen molar-refractivity contribution in [1.29, 1.82) is 0 Å². The Hall–Kier alpha value is -3.14. The number of hydrogen-bond acceptors (Lipinski definition) is 6. The number of ether oxygens (including phenoxy) is 3. The Balaban J connectivity index is 1.26. The summed E-state index contributed by atoms with van der Waals surface area (Å²) in [6.07, 6.45) is 4.15. The molecule has 3 heterocycles. The molecule has 3 aromatic rings. The summed E-state index contributed by atoms with van der Waals surface area (Å²) in [4.78, 5) is 18.1. The number of piperidine rings is 1. The zero-order chi connectivity index (χ0) is 27.6.